The number of fused-ring (bicyclic) bond motifs is 1. The molecular weight excluding hydrogens is 663 g/mol. The van der Waals surface area contributed by atoms with Gasteiger partial charge in [0.15, 0.2) is 0 Å². The topological polar surface area (TPSA) is 120 Å². The van der Waals surface area contributed by atoms with Gasteiger partial charge in [0.05, 0.1) is 6.04 Å². The number of hydrogen-bond acceptors (Lipinski definition) is 5. The number of carbonyl (C=O) groups is 4. The summed E-state index contributed by atoms with van der Waals surface area (Å²) in [5.74, 6) is -1.39. The first-order valence-corrected chi connectivity index (χ1v) is 19.1. The molecule has 3 atom stereocenters. The SMILES string of the molecule is CCC(=O)N[C@@H](Cc1ccc2ccccc2c1)C(=O)N[C@H](C(=O)N[C@@H](CCCCN(C)C)C(=O)NC(c1ccccc1)c1ccccc1)C1CCCC1. The second kappa shape index (κ2) is 19.7. The van der Waals surface area contributed by atoms with Crippen LogP contribution in [0.4, 0.5) is 0 Å². The fourth-order valence-electron chi connectivity index (χ4n) is 7.25. The standard InChI is InChI=1S/C44H55N5O4/c1-4-39(50)45-38(30-31-26-27-32-17-11-14-24-36(32)29-31)43(52)48-41(35-22-12-13-23-35)44(53)46-37(25-15-16-28-49(2)3)42(51)47-40(33-18-7-5-8-19-33)34-20-9-6-10-21-34/h5-11,14,17-21,24,26-27,29,35,37-38,40-41H,4,12-13,15-16,22-23,25,28,30H2,1-3H3,(H,45,50)(H,46,53)(H,47,51)(H,48,52)/t37-,38-,41-/m0/s1. The molecule has 1 fully saturated rings. The molecule has 0 aliphatic heterocycles. The number of nitrogens with zero attached hydrogens (tertiary/aromatic N) is 1. The first kappa shape index (κ1) is 39.2. The van der Waals surface area contributed by atoms with Crippen molar-refractivity contribution in [3.8, 4) is 0 Å². The lowest BCUT2D eigenvalue weighted by Gasteiger charge is -2.29. The number of benzene rings is 4. The van der Waals surface area contributed by atoms with Gasteiger partial charge in [0.2, 0.25) is 23.6 Å². The number of rotatable bonds is 18. The van der Waals surface area contributed by atoms with Crippen LogP contribution in [0.3, 0.4) is 0 Å². The zero-order valence-corrected chi connectivity index (χ0v) is 31.4. The largest absolute Gasteiger partial charge is 0.344 e. The quantitative estimate of drug-likeness (QED) is 0.0932. The Morgan fingerprint density at radius 2 is 1.26 bits per heavy atom. The third-order valence-corrected chi connectivity index (χ3v) is 10.2. The highest BCUT2D eigenvalue weighted by atomic mass is 16.2. The van der Waals surface area contributed by atoms with Gasteiger partial charge in [-0.3, -0.25) is 19.2 Å². The summed E-state index contributed by atoms with van der Waals surface area (Å²) >= 11 is 0. The minimum absolute atomic E-state index is 0.0824. The van der Waals surface area contributed by atoms with Gasteiger partial charge >= 0.3 is 0 Å². The van der Waals surface area contributed by atoms with Crippen molar-refractivity contribution in [3.63, 3.8) is 0 Å². The van der Waals surface area contributed by atoms with Crippen molar-refractivity contribution < 1.29 is 19.2 Å². The van der Waals surface area contributed by atoms with Gasteiger partial charge in [-0.2, -0.15) is 0 Å². The van der Waals surface area contributed by atoms with E-state index >= 15 is 0 Å². The van der Waals surface area contributed by atoms with Crippen LogP contribution in [0, 0.1) is 5.92 Å². The number of unbranched alkanes of at least 4 members (excludes halogenated alkanes) is 1. The Bertz CT molecular complexity index is 1750. The van der Waals surface area contributed by atoms with Gasteiger partial charge in [-0.05, 0) is 86.1 Å². The van der Waals surface area contributed by atoms with Crippen molar-refractivity contribution in [3.05, 3.63) is 120 Å². The van der Waals surface area contributed by atoms with Crippen molar-refractivity contribution in [2.45, 2.75) is 88.9 Å². The lowest BCUT2D eigenvalue weighted by Crippen LogP contribution is -2.59. The molecule has 53 heavy (non-hydrogen) atoms. The summed E-state index contributed by atoms with van der Waals surface area (Å²) in [4.78, 5) is 57.4. The van der Waals surface area contributed by atoms with Gasteiger partial charge in [-0.1, -0.05) is 123 Å². The van der Waals surface area contributed by atoms with E-state index in [1.54, 1.807) is 6.92 Å². The first-order chi connectivity index (χ1) is 25.7. The monoisotopic (exact) mass is 717 g/mol. The molecule has 9 nitrogen and oxygen atoms in total. The van der Waals surface area contributed by atoms with Crippen molar-refractivity contribution in [2.75, 3.05) is 20.6 Å². The van der Waals surface area contributed by atoms with Crippen LogP contribution in [0.1, 0.15) is 81.0 Å². The molecule has 4 aromatic carbocycles. The van der Waals surface area contributed by atoms with Gasteiger partial charge in [0, 0.05) is 12.8 Å². The Morgan fingerprint density at radius 3 is 1.89 bits per heavy atom. The first-order valence-electron chi connectivity index (χ1n) is 19.1. The van der Waals surface area contributed by atoms with E-state index in [0.29, 0.717) is 6.42 Å². The normalized spacial score (nSPS) is 14.8. The van der Waals surface area contributed by atoms with E-state index in [0.717, 1.165) is 72.5 Å². The van der Waals surface area contributed by atoms with Crippen molar-refractivity contribution in [1.82, 2.24) is 26.2 Å². The second-order valence-corrected chi connectivity index (χ2v) is 14.5. The molecule has 0 heterocycles. The van der Waals surface area contributed by atoms with Crippen LogP contribution < -0.4 is 21.3 Å². The van der Waals surface area contributed by atoms with E-state index in [2.05, 4.69) is 26.2 Å². The van der Waals surface area contributed by atoms with Gasteiger partial charge in [0.25, 0.3) is 0 Å². The van der Waals surface area contributed by atoms with Crippen molar-refractivity contribution in [1.29, 1.82) is 0 Å². The summed E-state index contributed by atoms with van der Waals surface area (Å²) < 4.78 is 0. The van der Waals surface area contributed by atoms with E-state index < -0.39 is 30.1 Å². The number of carbonyl (C=O) groups excluding carboxylic acids is 4. The van der Waals surface area contributed by atoms with Gasteiger partial charge in [0.1, 0.15) is 18.1 Å². The zero-order chi connectivity index (χ0) is 37.6. The highest BCUT2D eigenvalue weighted by Gasteiger charge is 2.36. The number of amides is 4. The minimum atomic E-state index is -0.872. The number of hydrogen-bond donors (Lipinski definition) is 4. The molecule has 280 valence electrons. The van der Waals surface area contributed by atoms with E-state index in [9.17, 15) is 19.2 Å². The fourth-order valence-corrected chi connectivity index (χ4v) is 7.25. The van der Waals surface area contributed by atoms with Crippen LogP contribution in [0.15, 0.2) is 103 Å². The molecule has 1 aliphatic rings. The van der Waals surface area contributed by atoms with E-state index in [1.807, 2.05) is 117 Å². The molecule has 9 heteroatoms. The van der Waals surface area contributed by atoms with Gasteiger partial charge < -0.3 is 26.2 Å². The van der Waals surface area contributed by atoms with Crippen LogP contribution in [0.25, 0.3) is 10.8 Å². The van der Waals surface area contributed by atoms with E-state index in [-0.39, 0.29) is 36.5 Å². The molecule has 4 N–H and O–H groups in total. The van der Waals surface area contributed by atoms with Crippen LogP contribution >= 0.6 is 0 Å². The molecule has 4 aromatic rings. The average molecular weight is 718 g/mol. The highest BCUT2D eigenvalue weighted by molar-refractivity contribution is 5.95. The van der Waals surface area contributed by atoms with E-state index in [4.69, 9.17) is 0 Å². The summed E-state index contributed by atoms with van der Waals surface area (Å²) in [6.07, 6.45) is 6.05. The summed E-state index contributed by atoms with van der Waals surface area (Å²) in [5.41, 5.74) is 2.78. The Kier molecular flexibility index (Phi) is 14.6. The minimum Gasteiger partial charge on any atom is -0.344 e. The molecule has 4 amide bonds. The number of nitrogens with one attached hydrogen (secondary N) is 4. The molecule has 0 spiro atoms. The van der Waals surface area contributed by atoms with Crippen molar-refractivity contribution >= 4 is 34.4 Å². The Balaban J connectivity index is 1.37. The molecule has 1 saturated carbocycles. The molecule has 0 bridgehead atoms. The molecule has 1 aliphatic carbocycles. The maximum Gasteiger partial charge on any atom is 0.243 e. The summed E-state index contributed by atoms with van der Waals surface area (Å²) in [6, 6.07) is 30.7. The molecule has 5 rings (SSSR count). The van der Waals surface area contributed by atoms with Crippen LogP contribution in [0.5, 0.6) is 0 Å². The zero-order valence-electron chi connectivity index (χ0n) is 31.4. The predicted molar refractivity (Wildman–Crippen MR) is 211 cm³/mol. The third kappa shape index (κ3) is 11.5. The Morgan fingerprint density at radius 1 is 0.660 bits per heavy atom. The second-order valence-electron chi connectivity index (χ2n) is 14.5. The molecule has 0 saturated heterocycles. The molecule has 0 aromatic heterocycles. The molecular formula is C44H55N5O4. The maximum absolute atomic E-state index is 14.4. The fraction of sp³-hybridized carbons (Fsp3) is 0.409. The lowest BCUT2D eigenvalue weighted by atomic mass is 9.95. The van der Waals surface area contributed by atoms with Gasteiger partial charge in [-0.25, -0.2) is 0 Å². The Hall–Kier alpha value is -5.02. The summed E-state index contributed by atoms with van der Waals surface area (Å²) in [7, 11) is 4.03. The van der Waals surface area contributed by atoms with Gasteiger partial charge in [-0.15, -0.1) is 0 Å². The molecule has 0 unspecified atom stereocenters. The Labute approximate surface area is 314 Å². The van der Waals surface area contributed by atoms with Crippen LogP contribution in [-0.2, 0) is 25.6 Å². The predicted octanol–water partition coefficient (Wildman–Crippen LogP) is 6.07. The smallest absolute Gasteiger partial charge is 0.243 e. The average Bonchev–Trinajstić information content (AvgIpc) is 3.72. The lowest BCUT2D eigenvalue weighted by molar-refractivity contribution is -0.135. The van der Waals surface area contributed by atoms with E-state index in [1.165, 1.54) is 0 Å². The maximum atomic E-state index is 14.4. The highest BCUT2D eigenvalue weighted by Crippen LogP contribution is 2.29. The van der Waals surface area contributed by atoms with Crippen LogP contribution in [0.2, 0.25) is 0 Å². The summed E-state index contributed by atoms with van der Waals surface area (Å²) in [6.45, 7) is 2.61. The summed E-state index contributed by atoms with van der Waals surface area (Å²) in [5, 5.41) is 14.4. The van der Waals surface area contributed by atoms with Crippen molar-refractivity contribution in [2.24, 2.45) is 5.92 Å². The third-order valence-electron chi connectivity index (χ3n) is 10.2. The molecule has 0 radical (unpaired) electrons. The van der Waals surface area contributed by atoms with Crippen LogP contribution in [-0.4, -0.2) is 67.3 Å².